The molecular weight excluding hydrogens is 190 g/mol. The van der Waals surface area contributed by atoms with E-state index in [2.05, 4.69) is 20.8 Å². The zero-order valence-electron chi connectivity index (χ0n) is 10.3. The van der Waals surface area contributed by atoms with Crippen LogP contribution in [-0.4, -0.2) is 29.2 Å². The number of hydrogen-bond donors (Lipinski definition) is 0. The van der Waals surface area contributed by atoms with Gasteiger partial charge in [-0.15, -0.1) is 0 Å². The van der Waals surface area contributed by atoms with Gasteiger partial charge < -0.3 is 4.90 Å². The molecule has 3 nitrogen and oxygen atoms in total. The summed E-state index contributed by atoms with van der Waals surface area (Å²) in [5, 5.41) is 0. The molecule has 86 valence electrons. The molecule has 0 saturated carbocycles. The Hall–Kier alpha value is -0.860. The second kappa shape index (κ2) is 3.95. The molecule has 0 aromatic carbocycles. The third-order valence-electron chi connectivity index (χ3n) is 3.40. The summed E-state index contributed by atoms with van der Waals surface area (Å²) >= 11 is 0. The zero-order valence-corrected chi connectivity index (χ0v) is 10.3. The number of likely N-dealkylation sites (tertiary alicyclic amines) is 1. The van der Waals surface area contributed by atoms with Gasteiger partial charge in [0, 0.05) is 13.5 Å². The number of rotatable bonds is 1. The first-order valence-electron chi connectivity index (χ1n) is 5.51. The van der Waals surface area contributed by atoms with Gasteiger partial charge in [0.1, 0.15) is 0 Å². The van der Waals surface area contributed by atoms with Crippen molar-refractivity contribution in [3.63, 3.8) is 0 Å². The van der Waals surface area contributed by atoms with E-state index in [-0.39, 0.29) is 23.1 Å². The van der Waals surface area contributed by atoms with E-state index in [4.69, 9.17) is 0 Å². The summed E-state index contributed by atoms with van der Waals surface area (Å²) < 4.78 is 0. The van der Waals surface area contributed by atoms with Crippen molar-refractivity contribution in [1.82, 2.24) is 4.90 Å². The van der Waals surface area contributed by atoms with Crippen molar-refractivity contribution in [3.8, 4) is 0 Å². The van der Waals surface area contributed by atoms with E-state index in [1.165, 1.54) is 0 Å². The molecule has 1 fully saturated rings. The third kappa shape index (κ3) is 2.58. The molecule has 1 amide bonds. The lowest BCUT2D eigenvalue weighted by Gasteiger charge is -2.26. The molecular formula is C12H21NO2. The molecule has 0 aromatic heterocycles. The van der Waals surface area contributed by atoms with Crippen molar-refractivity contribution in [2.24, 2.45) is 11.3 Å². The molecule has 2 unspecified atom stereocenters. The van der Waals surface area contributed by atoms with Crippen LogP contribution in [0.1, 0.15) is 41.0 Å². The maximum absolute atomic E-state index is 11.4. The molecule has 15 heavy (non-hydrogen) atoms. The number of ketones is 1. The first-order chi connectivity index (χ1) is 6.73. The highest BCUT2D eigenvalue weighted by atomic mass is 16.2. The highest BCUT2D eigenvalue weighted by Gasteiger charge is 2.41. The molecule has 1 aliphatic rings. The second-order valence-electron chi connectivity index (χ2n) is 5.60. The van der Waals surface area contributed by atoms with Gasteiger partial charge in [-0.25, -0.2) is 0 Å². The highest BCUT2D eigenvalue weighted by molar-refractivity contribution is 5.87. The fraction of sp³-hybridized carbons (Fsp3) is 0.833. The molecule has 1 rings (SSSR count). The van der Waals surface area contributed by atoms with E-state index in [0.717, 1.165) is 13.0 Å². The quantitative estimate of drug-likeness (QED) is 0.664. The molecule has 1 aliphatic heterocycles. The smallest absolute Gasteiger partial charge is 0.220 e. The predicted molar refractivity (Wildman–Crippen MR) is 59.4 cm³/mol. The Morgan fingerprint density at radius 3 is 2.00 bits per heavy atom. The van der Waals surface area contributed by atoms with Crippen LogP contribution in [0.4, 0.5) is 0 Å². The first kappa shape index (κ1) is 12.2. The van der Waals surface area contributed by atoms with E-state index >= 15 is 0 Å². The Labute approximate surface area is 91.8 Å². The Bertz CT molecular complexity index is 256. The van der Waals surface area contributed by atoms with E-state index in [9.17, 15) is 9.59 Å². The topological polar surface area (TPSA) is 37.4 Å². The average Bonchev–Trinajstić information content (AvgIpc) is 2.45. The van der Waals surface area contributed by atoms with Crippen LogP contribution in [0.15, 0.2) is 0 Å². The van der Waals surface area contributed by atoms with Crippen LogP contribution < -0.4 is 0 Å². The van der Waals surface area contributed by atoms with Crippen LogP contribution in [0.3, 0.4) is 0 Å². The molecule has 0 aromatic rings. The first-order valence-corrected chi connectivity index (χ1v) is 5.51. The summed E-state index contributed by atoms with van der Waals surface area (Å²) in [6.45, 7) is 10.3. The predicted octanol–water partition coefficient (Wildman–Crippen LogP) is 1.86. The summed E-state index contributed by atoms with van der Waals surface area (Å²) in [5.41, 5.74) is 0.165. The van der Waals surface area contributed by atoms with E-state index < -0.39 is 0 Å². The third-order valence-corrected chi connectivity index (χ3v) is 3.40. The Morgan fingerprint density at radius 1 is 1.20 bits per heavy atom. The van der Waals surface area contributed by atoms with Gasteiger partial charge in [0.15, 0.2) is 5.78 Å². The number of hydrogen-bond acceptors (Lipinski definition) is 2. The van der Waals surface area contributed by atoms with E-state index in [1.807, 2.05) is 0 Å². The fourth-order valence-electron chi connectivity index (χ4n) is 2.20. The number of nitrogens with zero attached hydrogens (tertiary/aromatic N) is 1. The summed E-state index contributed by atoms with van der Waals surface area (Å²) in [6, 6.07) is -0.188. The lowest BCUT2D eigenvalue weighted by molar-refractivity contribution is -0.135. The Kier molecular flexibility index (Phi) is 3.22. The second-order valence-corrected chi connectivity index (χ2v) is 5.60. The molecule has 2 atom stereocenters. The summed E-state index contributed by atoms with van der Waals surface area (Å²) in [7, 11) is 0. The van der Waals surface area contributed by atoms with Crippen molar-refractivity contribution in [3.05, 3.63) is 0 Å². The Balaban J connectivity index is 2.83. The summed E-state index contributed by atoms with van der Waals surface area (Å²) in [5.74, 6) is 0.550. The molecule has 0 spiro atoms. The van der Waals surface area contributed by atoms with Gasteiger partial charge in [-0.1, -0.05) is 20.8 Å². The zero-order chi connectivity index (χ0) is 11.8. The molecule has 1 heterocycles. The van der Waals surface area contributed by atoms with Crippen molar-refractivity contribution in [2.75, 3.05) is 6.54 Å². The lowest BCUT2D eigenvalue weighted by Crippen LogP contribution is -2.38. The van der Waals surface area contributed by atoms with Crippen molar-refractivity contribution in [1.29, 1.82) is 0 Å². The van der Waals surface area contributed by atoms with Gasteiger partial charge in [-0.2, -0.15) is 0 Å². The van der Waals surface area contributed by atoms with Gasteiger partial charge in [0.05, 0.1) is 6.04 Å². The number of Topliss-reactive ketones (excluding diaryl/α,β-unsaturated/α-hetero) is 1. The Morgan fingerprint density at radius 2 is 1.73 bits per heavy atom. The van der Waals surface area contributed by atoms with Crippen LogP contribution >= 0.6 is 0 Å². The van der Waals surface area contributed by atoms with Crippen molar-refractivity contribution < 1.29 is 9.59 Å². The average molecular weight is 211 g/mol. The fourth-order valence-corrected chi connectivity index (χ4v) is 2.20. The van der Waals surface area contributed by atoms with Crippen LogP contribution in [0.5, 0.6) is 0 Å². The molecule has 0 bridgehead atoms. The van der Waals surface area contributed by atoms with E-state index in [1.54, 1.807) is 18.7 Å². The highest BCUT2D eigenvalue weighted by Crippen LogP contribution is 2.36. The normalized spacial score (nSPS) is 26.9. The minimum absolute atomic E-state index is 0.0157. The molecule has 0 radical (unpaired) electrons. The van der Waals surface area contributed by atoms with Crippen LogP contribution in [0, 0.1) is 11.3 Å². The maximum atomic E-state index is 11.4. The minimum Gasteiger partial charge on any atom is -0.333 e. The van der Waals surface area contributed by atoms with Gasteiger partial charge in [0.25, 0.3) is 0 Å². The molecule has 3 heteroatoms. The summed E-state index contributed by atoms with van der Waals surface area (Å²) in [6.07, 6.45) is 0.818. The number of carbonyl (C=O) groups is 2. The standard InChI is InChI=1S/C12H21NO2/c1-8(14)11-6-10(12(3,4)5)7-13(11)9(2)15/h10-11H,6-7H2,1-5H3. The molecule has 0 aliphatic carbocycles. The van der Waals surface area contributed by atoms with Crippen LogP contribution in [0.25, 0.3) is 0 Å². The number of carbonyl (C=O) groups excluding carboxylic acids is 2. The van der Waals surface area contributed by atoms with E-state index in [0.29, 0.717) is 5.92 Å². The largest absolute Gasteiger partial charge is 0.333 e. The minimum atomic E-state index is -0.188. The van der Waals surface area contributed by atoms with Crippen molar-refractivity contribution >= 4 is 11.7 Å². The monoisotopic (exact) mass is 211 g/mol. The number of amides is 1. The van der Waals surface area contributed by atoms with Crippen LogP contribution in [-0.2, 0) is 9.59 Å². The van der Waals surface area contributed by atoms with Gasteiger partial charge in [0.2, 0.25) is 5.91 Å². The lowest BCUT2D eigenvalue weighted by atomic mass is 9.79. The molecule has 0 N–H and O–H groups in total. The molecule has 1 saturated heterocycles. The van der Waals surface area contributed by atoms with Gasteiger partial charge in [-0.05, 0) is 24.7 Å². The van der Waals surface area contributed by atoms with Gasteiger partial charge in [-0.3, -0.25) is 9.59 Å². The van der Waals surface area contributed by atoms with Crippen molar-refractivity contribution in [2.45, 2.75) is 47.1 Å². The SMILES string of the molecule is CC(=O)C1CC(C(C)(C)C)CN1C(C)=O. The summed E-state index contributed by atoms with van der Waals surface area (Å²) in [4.78, 5) is 24.6. The maximum Gasteiger partial charge on any atom is 0.220 e. The van der Waals surface area contributed by atoms with Gasteiger partial charge >= 0.3 is 0 Å². The van der Waals surface area contributed by atoms with Crippen LogP contribution in [0.2, 0.25) is 0 Å².